The highest BCUT2D eigenvalue weighted by Gasteiger charge is 2.16. The molecular weight excluding hydrogens is 246 g/mol. The number of hydrogen-bond donors (Lipinski definition) is 2. The fourth-order valence-corrected chi connectivity index (χ4v) is 1.71. The minimum absolute atomic E-state index is 0.230. The number of aliphatic hydroxyl groups excluding tert-OH is 1. The fraction of sp³-hybridized carbons (Fsp3) is 0.385. The van der Waals surface area contributed by atoms with Crippen molar-refractivity contribution in [2.24, 2.45) is 0 Å². The molecule has 6 heteroatoms. The minimum Gasteiger partial charge on any atom is -0.384 e. The van der Waals surface area contributed by atoms with Gasteiger partial charge in [-0.1, -0.05) is 11.8 Å². The smallest absolute Gasteiger partial charge is 0.266 e. The Kier molecular flexibility index (Phi) is 4.86. The topological polar surface area (TPSA) is 74.7 Å². The summed E-state index contributed by atoms with van der Waals surface area (Å²) in [5.74, 6) is 5.00. The number of rotatable bonds is 2. The van der Waals surface area contributed by atoms with Crippen molar-refractivity contribution in [3.8, 4) is 11.8 Å². The largest absolute Gasteiger partial charge is 0.384 e. The van der Waals surface area contributed by atoms with Crippen molar-refractivity contribution in [1.29, 1.82) is 0 Å². The average Bonchev–Trinajstić information content (AvgIpc) is 2.46. The van der Waals surface area contributed by atoms with Crippen LogP contribution in [0, 0.1) is 11.8 Å². The van der Waals surface area contributed by atoms with Gasteiger partial charge >= 0.3 is 0 Å². The zero-order valence-electron chi connectivity index (χ0n) is 10.4. The molecule has 0 unspecified atom stereocenters. The highest BCUT2D eigenvalue weighted by Crippen LogP contribution is 2.06. The summed E-state index contributed by atoms with van der Waals surface area (Å²) in [5, 5.41) is 10.5. The van der Waals surface area contributed by atoms with Crippen LogP contribution in [-0.2, 0) is 4.74 Å². The number of ether oxygens (including phenoxy) is 1. The lowest BCUT2D eigenvalue weighted by molar-refractivity contribution is 0.0126. The van der Waals surface area contributed by atoms with E-state index in [2.05, 4.69) is 22.3 Å². The van der Waals surface area contributed by atoms with Crippen LogP contribution in [0.3, 0.4) is 0 Å². The van der Waals surface area contributed by atoms with Gasteiger partial charge in [-0.25, -0.2) is 5.01 Å². The molecule has 6 nitrogen and oxygen atoms in total. The second-order valence-electron chi connectivity index (χ2n) is 3.92. The van der Waals surface area contributed by atoms with E-state index in [-0.39, 0.29) is 12.5 Å². The van der Waals surface area contributed by atoms with Crippen molar-refractivity contribution in [3.63, 3.8) is 0 Å². The first-order chi connectivity index (χ1) is 9.31. The number of amides is 1. The summed E-state index contributed by atoms with van der Waals surface area (Å²) in [5.41, 5.74) is 3.76. The standard InChI is InChI=1S/C13H15N3O3/c17-7-1-2-11-10-14-4-3-12(11)13(18)15-16-5-8-19-9-6-16/h3-4,10,17H,5-9H2,(H,15,18). The van der Waals surface area contributed by atoms with Crippen LogP contribution in [0.15, 0.2) is 18.5 Å². The Balaban J connectivity index is 2.09. The average molecular weight is 261 g/mol. The van der Waals surface area contributed by atoms with E-state index in [4.69, 9.17) is 9.84 Å². The highest BCUT2D eigenvalue weighted by atomic mass is 16.5. The van der Waals surface area contributed by atoms with Gasteiger partial charge in [0.15, 0.2) is 0 Å². The second kappa shape index (κ2) is 6.85. The van der Waals surface area contributed by atoms with E-state index >= 15 is 0 Å². The molecule has 0 radical (unpaired) electrons. The molecule has 1 fully saturated rings. The van der Waals surface area contributed by atoms with Gasteiger partial charge in [0.1, 0.15) is 6.61 Å². The Labute approximate surface area is 111 Å². The molecule has 0 aliphatic carbocycles. The van der Waals surface area contributed by atoms with Gasteiger partial charge in [0.05, 0.1) is 24.3 Å². The third-order valence-electron chi connectivity index (χ3n) is 2.64. The second-order valence-corrected chi connectivity index (χ2v) is 3.92. The van der Waals surface area contributed by atoms with Crippen LogP contribution in [0.2, 0.25) is 0 Å². The van der Waals surface area contributed by atoms with E-state index in [1.165, 1.54) is 6.20 Å². The van der Waals surface area contributed by atoms with Crippen molar-refractivity contribution in [2.75, 3.05) is 32.9 Å². The molecule has 1 saturated heterocycles. The number of nitrogens with one attached hydrogen (secondary N) is 1. The molecule has 1 amide bonds. The maximum absolute atomic E-state index is 12.1. The van der Waals surface area contributed by atoms with Gasteiger partial charge in [-0.3, -0.25) is 15.2 Å². The zero-order chi connectivity index (χ0) is 13.5. The maximum Gasteiger partial charge on any atom is 0.266 e. The van der Waals surface area contributed by atoms with E-state index in [1.54, 1.807) is 12.3 Å². The van der Waals surface area contributed by atoms with Gasteiger partial charge in [0.25, 0.3) is 5.91 Å². The van der Waals surface area contributed by atoms with Gasteiger partial charge in [0, 0.05) is 25.5 Å². The first-order valence-electron chi connectivity index (χ1n) is 5.98. The number of morpholine rings is 1. The SMILES string of the molecule is O=C(NN1CCOCC1)c1ccncc1C#CCO. The Morgan fingerprint density at radius 1 is 1.53 bits per heavy atom. The number of carbonyl (C=O) groups is 1. The third-order valence-corrected chi connectivity index (χ3v) is 2.64. The summed E-state index contributed by atoms with van der Waals surface area (Å²) in [6.45, 7) is 2.28. The van der Waals surface area contributed by atoms with Crippen molar-refractivity contribution in [1.82, 2.24) is 15.4 Å². The van der Waals surface area contributed by atoms with E-state index in [0.717, 1.165) is 0 Å². The molecule has 100 valence electrons. The summed E-state index contributed by atoms with van der Waals surface area (Å²) in [7, 11) is 0. The van der Waals surface area contributed by atoms with E-state index in [1.807, 2.05) is 5.01 Å². The van der Waals surface area contributed by atoms with Gasteiger partial charge < -0.3 is 9.84 Å². The Bertz CT molecular complexity index is 501. The monoisotopic (exact) mass is 261 g/mol. The molecule has 2 N–H and O–H groups in total. The van der Waals surface area contributed by atoms with Crippen molar-refractivity contribution in [2.45, 2.75) is 0 Å². The molecule has 1 aromatic rings. The molecule has 0 bridgehead atoms. The number of aliphatic hydroxyl groups is 1. The zero-order valence-corrected chi connectivity index (χ0v) is 10.4. The van der Waals surface area contributed by atoms with Crippen LogP contribution in [0.25, 0.3) is 0 Å². The van der Waals surface area contributed by atoms with E-state index in [9.17, 15) is 4.79 Å². The predicted octanol–water partition coefficient (Wildman–Crippen LogP) is -0.598. The fourth-order valence-electron chi connectivity index (χ4n) is 1.71. The normalized spacial score (nSPS) is 15.4. The van der Waals surface area contributed by atoms with Crippen molar-refractivity contribution >= 4 is 5.91 Å². The Hall–Kier alpha value is -1.94. The number of aromatic nitrogens is 1. The molecule has 0 atom stereocenters. The number of pyridine rings is 1. The van der Waals surface area contributed by atoms with Crippen LogP contribution in [0.4, 0.5) is 0 Å². The molecule has 1 aliphatic heterocycles. The number of carbonyl (C=O) groups excluding carboxylic acids is 1. The van der Waals surface area contributed by atoms with Crippen LogP contribution in [-0.4, -0.2) is 53.9 Å². The summed E-state index contributed by atoms with van der Waals surface area (Å²) >= 11 is 0. The lowest BCUT2D eigenvalue weighted by Gasteiger charge is -2.27. The molecule has 19 heavy (non-hydrogen) atoms. The molecular formula is C13H15N3O3. The van der Waals surface area contributed by atoms with Crippen molar-refractivity contribution < 1.29 is 14.6 Å². The third kappa shape index (κ3) is 3.76. The van der Waals surface area contributed by atoms with Gasteiger partial charge in [-0.2, -0.15) is 0 Å². The lowest BCUT2D eigenvalue weighted by atomic mass is 10.1. The summed E-state index contributed by atoms with van der Waals surface area (Å²) in [6.07, 6.45) is 3.05. The number of hydrogen-bond acceptors (Lipinski definition) is 5. The molecule has 0 aromatic carbocycles. The maximum atomic E-state index is 12.1. The minimum atomic E-state index is -0.251. The number of nitrogens with zero attached hydrogens (tertiary/aromatic N) is 2. The van der Waals surface area contributed by atoms with E-state index in [0.29, 0.717) is 37.4 Å². The van der Waals surface area contributed by atoms with Gasteiger partial charge in [-0.15, -0.1) is 0 Å². The molecule has 1 aromatic heterocycles. The summed E-state index contributed by atoms with van der Waals surface area (Å²) in [4.78, 5) is 16.1. The van der Waals surface area contributed by atoms with Crippen LogP contribution < -0.4 is 5.43 Å². The lowest BCUT2D eigenvalue weighted by Crippen LogP contribution is -2.48. The first kappa shape index (κ1) is 13.5. The van der Waals surface area contributed by atoms with Crippen LogP contribution in [0.1, 0.15) is 15.9 Å². The van der Waals surface area contributed by atoms with Crippen molar-refractivity contribution in [3.05, 3.63) is 29.6 Å². The molecule has 0 saturated carbocycles. The first-order valence-corrected chi connectivity index (χ1v) is 5.98. The molecule has 2 rings (SSSR count). The number of hydrazine groups is 1. The Morgan fingerprint density at radius 2 is 2.32 bits per heavy atom. The quantitative estimate of drug-likeness (QED) is 0.696. The predicted molar refractivity (Wildman–Crippen MR) is 68.1 cm³/mol. The van der Waals surface area contributed by atoms with Gasteiger partial charge in [-0.05, 0) is 6.07 Å². The Morgan fingerprint density at radius 3 is 3.05 bits per heavy atom. The van der Waals surface area contributed by atoms with Crippen LogP contribution in [0.5, 0.6) is 0 Å². The molecule has 1 aliphatic rings. The summed E-state index contributed by atoms with van der Waals surface area (Å²) < 4.78 is 5.21. The van der Waals surface area contributed by atoms with Crippen LogP contribution >= 0.6 is 0 Å². The highest BCUT2D eigenvalue weighted by molar-refractivity contribution is 5.96. The molecule has 0 spiro atoms. The van der Waals surface area contributed by atoms with Gasteiger partial charge in [0.2, 0.25) is 0 Å². The molecule has 2 heterocycles. The summed E-state index contributed by atoms with van der Waals surface area (Å²) in [6, 6.07) is 1.61. The van der Waals surface area contributed by atoms with E-state index < -0.39 is 0 Å².